The Balaban J connectivity index is 3.68. The quantitative estimate of drug-likeness (QED) is 0.660. The second kappa shape index (κ2) is 3.26. The summed E-state index contributed by atoms with van der Waals surface area (Å²) in [5, 5.41) is -0.363. The molecule has 1 aromatic carbocycles. The van der Waals surface area contributed by atoms with Gasteiger partial charge in [-0.2, -0.15) is 13.2 Å². The highest BCUT2D eigenvalue weighted by molar-refractivity contribution is 9.10. The molecule has 1 aromatic rings. The number of benzene rings is 1. The van der Waals surface area contributed by atoms with Gasteiger partial charge in [-0.15, -0.1) is 0 Å². The molecule has 1 rings (SSSR count). The minimum Gasteiger partial charge on any atom is -0.166 e. The Bertz CT molecular complexity index is 390. The molecule has 66 valence electrons. The van der Waals surface area contributed by atoms with Crippen molar-refractivity contribution in [2.75, 3.05) is 0 Å². The van der Waals surface area contributed by atoms with Gasteiger partial charge in [0.15, 0.2) is 0 Å². The van der Waals surface area contributed by atoms with Crippen LogP contribution in [0, 0.1) is 0 Å². The van der Waals surface area contributed by atoms with Crippen LogP contribution in [0.1, 0.15) is 9.68 Å². The highest BCUT2D eigenvalue weighted by Gasteiger charge is 2.30. The van der Waals surface area contributed by atoms with Gasteiger partial charge in [0.05, 0.1) is 14.7 Å². The Hall–Kier alpha value is -0.220. The van der Waals surface area contributed by atoms with Crippen LogP contribution in [0.15, 0.2) is 22.6 Å². The van der Waals surface area contributed by atoms with Crippen molar-refractivity contribution in [3.05, 3.63) is 33.2 Å². The molecule has 0 atom stereocenters. The summed E-state index contributed by atoms with van der Waals surface area (Å²) in [4.78, 5) is 0. The summed E-state index contributed by atoms with van der Waals surface area (Å²) in [5.41, 5.74) is -1.45. The maximum atomic E-state index is 12.4. The largest absolute Gasteiger partial charge is 0.416 e. The third kappa shape index (κ3) is 2.14. The molecule has 0 heterocycles. The van der Waals surface area contributed by atoms with Gasteiger partial charge in [0.25, 0.3) is 0 Å². The predicted molar refractivity (Wildman–Crippen MR) is 44.2 cm³/mol. The van der Waals surface area contributed by atoms with E-state index in [0.29, 0.717) is 0 Å². The zero-order valence-corrected chi connectivity index (χ0v) is 7.73. The highest BCUT2D eigenvalue weighted by Crippen LogP contribution is 2.33. The Morgan fingerprint density at radius 3 is 2.50 bits per heavy atom. The Labute approximate surface area is 84.7 Å². The van der Waals surface area contributed by atoms with Crippen molar-refractivity contribution in [2.45, 2.75) is 6.18 Å². The molecule has 0 bridgehead atoms. The average molecular weight is 262 g/mol. The van der Waals surface area contributed by atoms with E-state index in [-0.39, 0.29) is 9.50 Å². The molecule has 0 aliphatic rings. The van der Waals surface area contributed by atoms with Crippen LogP contribution < -0.4 is 0 Å². The first kappa shape index (κ1) is 6.27. The van der Waals surface area contributed by atoms with Gasteiger partial charge in [-0.25, -0.2) is 0 Å². The first-order chi connectivity index (χ1) is 6.68. The van der Waals surface area contributed by atoms with E-state index in [9.17, 15) is 13.2 Å². The Morgan fingerprint density at radius 1 is 1.42 bits per heavy atom. The fraction of sp³-hybridized carbons (Fsp3) is 0.143. The Kier molecular flexibility index (Phi) is 1.70. The molecule has 0 spiro atoms. The molecule has 0 saturated carbocycles. The van der Waals surface area contributed by atoms with Crippen LogP contribution in [0.25, 0.3) is 0 Å². The lowest BCUT2D eigenvalue weighted by molar-refractivity contribution is -0.137. The smallest absolute Gasteiger partial charge is 0.166 e. The number of halogens is 5. The minimum atomic E-state index is -4.84. The third-order valence-corrected chi connectivity index (χ3v) is 2.11. The zero-order chi connectivity index (χ0) is 12.0. The van der Waals surface area contributed by atoms with Crippen molar-refractivity contribution in [2.24, 2.45) is 0 Å². The molecule has 0 aromatic heterocycles. The van der Waals surface area contributed by atoms with E-state index in [1.807, 2.05) is 0 Å². The molecule has 12 heavy (non-hydrogen) atoms. The molecule has 0 radical (unpaired) electrons. The van der Waals surface area contributed by atoms with Crippen LogP contribution in [-0.2, 0) is 6.18 Å². The van der Waals surface area contributed by atoms with E-state index in [1.165, 1.54) is 0 Å². The summed E-state index contributed by atoms with van der Waals surface area (Å²) < 4.78 is 58.4. The van der Waals surface area contributed by atoms with Crippen molar-refractivity contribution < 1.29 is 17.3 Å². The topological polar surface area (TPSA) is 0 Å². The van der Waals surface area contributed by atoms with Gasteiger partial charge in [-0.05, 0) is 34.1 Å². The molecule has 0 aliphatic heterocycles. The van der Waals surface area contributed by atoms with Crippen molar-refractivity contribution in [3.8, 4) is 0 Å². The predicted octanol–water partition coefficient (Wildman–Crippen LogP) is 4.12. The van der Waals surface area contributed by atoms with E-state index in [2.05, 4.69) is 15.9 Å². The van der Waals surface area contributed by atoms with Crippen LogP contribution in [0.3, 0.4) is 0 Å². The molecular weight excluding hydrogens is 256 g/mol. The van der Waals surface area contributed by atoms with E-state index >= 15 is 0 Å². The summed E-state index contributed by atoms with van der Waals surface area (Å²) in [6, 6.07) is -2.75. The van der Waals surface area contributed by atoms with Gasteiger partial charge in [-0.1, -0.05) is 11.6 Å². The number of hydrogen-bond acceptors (Lipinski definition) is 0. The summed E-state index contributed by atoms with van der Waals surface area (Å²) in [6.07, 6.45) is -4.84. The van der Waals surface area contributed by atoms with Gasteiger partial charge in [0, 0.05) is 4.47 Å². The van der Waals surface area contributed by atoms with Gasteiger partial charge < -0.3 is 0 Å². The monoisotopic (exact) mass is 261 g/mol. The standard InChI is InChI=1S/C7H3BrClF3/c8-5-3-4(7(10,11)12)1-2-6(5)9/h1-3H/i1D,2D,3D. The molecule has 0 unspecified atom stereocenters. The first-order valence-corrected chi connectivity index (χ1v) is 3.87. The summed E-state index contributed by atoms with van der Waals surface area (Å²) in [7, 11) is 0. The fourth-order valence-electron chi connectivity index (χ4n) is 0.510. The number of alkyl halides is 3. The lowest BCUT2D eigenvalue weighted by Crippen LogP contribution is -2.04. The molecule has 0 N–H and O–H groups in total. The molecule has 0 aliphatic carbocycles. The molecule has 5 heteroatoms. The highest BCUT2D eigenvalue weighted by atomic mass is 79.9. The van der Waals surface area contributed by atoms with Crippen LogP contribution in [-0.4, -0.2) is 0 Å². The summed E-state index contributed by atoms with van der Waals surface area (Å²) >= 11 is 8.15. The normalized spacial score (nSPS) is 15.2. The van der Waals surface area contributed by atoms with Crippen LogP contribution in [0.2, 0.25) is 5.02 Å². The van der Waals surface area contributed by atoms with E-state index in [4.69, 9.17) is 15.7 Å². The molecule has 0 fully saturated rings. The molecule has 0 saturated heterocycles. The summed E-state index contributed by atoms with van der Waals surface area (Å²) in [6.45, 7) is 0. The van der Waals surface area contributed by atoms with E-state index in [1.54, 1.807) is 0 Å². The number of hydrogen-bond donors (Lipinski definition) is 0. The van der Waals surface area contributed by atoms with Crippen LogP contribution >= 0.6 is 27.5 Å². The van der Waals surface area contributed by atoms with Gasteiger partial charge in [0.1, 0.15) is 0 Å². The molecule has 0 nitrogen and oxygen atoms in total. The van der Waals surface area contributed by atoms with E-state index < -0.39 is 29.9 Å². The summed E-state index contributed by atoms with van der Waals surface area (Å²) in [5.74, 6) is 0. The van der Waals surface area contributed by atoms with Gasteiger partial charge in [0.2, 0.25) is 0 Å². The average Bonchev–Trinajstić information content (AvgIpc) is 2.09. The fourth-order valence-corrected chi connectivity index (χ4v) is 0.902. The third-order valence-electron chi connectivity index (χ3n) is 1.01. The first-order valence-electron chi connectivity index (χ1n) is 4.19. The SMILES string of the molecule is [2H]c1c([2H])c(C(F)(F)F)c([2H])c(Br)c1Cl. The van der Waals surface area contributed by atoms with Crippen molar-refractivity contribution in [3.63, 3.8) is 0 Å². The van der Waals surface area contributed by atoms with Crippen LogP contribution in [0.4, 0.5) is 13.2 Å². The van der Waals surface area contributed by atoms with Crippen molar-refractivity contribution in [1.29, 1.82) is 0 Å². The maximum Gasteiger partial charge on any atom is 0.416 e. The zero-order valence-electron chi connectivity index (χ0n) is 8.39. The lowest BCUT2D eigenvalue weighted by atomic mass is 10.2. The van der Waals surface area contributed by atoms with Gasteiger partial charge >= 0.3 is 6.18 Å². The molecule has 0 amide bonds. The number of rotatable bonds is 0. The Morgan fingerprint density at radius 2 is 2.00 bits per heavy atom. The van der Waals surface area contributed by atoms with Gasteiger partial charge in [-0.3, -0.25) is 0 Å². The second-order valence-corrected chi connectivity index (χ2v) is 3.05. The van der Waals surface area contributed by atoms with Crippen molar-refractivity contribution in [1.82, 2.24) is 0 Å². The molecular formula is C7H3BrClF3. The second-order valence-electron chi connectivity index (χ2n) is 1.88. The maximum absolute atomic E-state index is 12.4. The van der Waals surface area contributed by atoms with Crippen molar-refractivity contribution >= 4 is 27.5 Å². The lowest BCUT2D eigenvalue weighted by Gasteiger charge is -2.06. The van der Waals surface area contributed by atoms with Crippen LogP contribution in [0.5, 0.6) is 0 Å². The minimum absolute atomic E-state index is 0.322. The van der Waals surface area contributed by atoms with E-state index in [0.717, 1.165) is 0 Å².